The molecule has 1 aromatic heterocycles. The second-order valence-corrected chi connectivity index (χ2v) is 2.74. The molecule has 0 bridgehead atoms. The highest BCUT2D eigenvalue weighted by molar-refractivity contribution is 5.55. The van der Waals surface area contributed by atoms with E-state index in [2.05, 4.69) is 14.7 Å². The molecular weight excluding hydrogens is 171 g/mol. The summed E-state index contributed by atoms with van der Waals surface area (Å²) in [5.41, 5.74) is 1.23. The Bertz CT molecular complexity index is 412. The molecule has 0 aliphatic rings. The van der Waals surface area contributed by atoms with E-state index in [0.29, 0.717) is 5.56 Å². The molecule has 4 heteroatoms. The number of hydrogen-bond donors (Lipinski definition) is 0. The van der Waals surface area contributed by atoms with Gasteiger partial charge < -0.3 is 4.52 Å². The molecule has 2 rings (SSSR count). The maximum absolute atomic E-state index is 13.3. The van der Waals surface area contributed by atoms with Crippen LogP contribution in [0.1, 0.15) is 5.56 Å². The maximum Gasteiger partial charge on any atom is 0.214 e. The van der Waals surface area contributed by atoms with Crippen LogP contribution in [0.15, 0.2) is 29.1 Å². The first-order chi connectivity index (χ1) is 6.27. The molecule has 0 radical (unpaired) electrons. The van der Waals surface area contributed by atoms with Gasteiger partial charge in [-0.15, -0.1) is 0 Å². The number of halogens is 1. The molecule has 0 spiro atoms. The molecule has 0 amide bonds. The zero-order valence-corrected chi connectivity index (χ0v) is 6.99. The Hall–Kier alpha value is -1.71. The van der Waals surface area contributed by atoms with E-state index >= 15 is 0 Å². The third-order valence-electron chi connectivity index (χ3n) is 1.73. The van der Waals surface area contributed by atoms with Crippen molar-refractivity contribution in [1.82, 2.24) is 10.1 Å². The normalized spacial score (nSPS) is 10.3. The van der Waals surface area contributed by atoms with Crippen LogP contribution in [0.3, 0.4) is 0 Å². The molecule has 0 unspecified atom stereocenters. The van der Waals surface area contributed by atoms with Crippen molar-refractivity contribution in [1.29, 1.82) is 0 Å². The van der Waals surface area contributed by atoms with Crippen LogP contribution in [-0.2, 0) is 0 Å². The Morgan fingerprint density at radius 1 is 1.38 bits per heavy atom. The summed E-state index contributed by atoms with van der Waals surface area (Å²) in [6, 6.07) is 4.87. The van der Waals surface area contributed by atoms with E-state index < -0.39 is 0 Å². The van der Waals surface area contributed by atoms with Crippen molar-refractivity contribution in [3.8, 4) is 11.4 Å². The lowest BCUT2D eigenvalue weighted by molar-refractivity contribution is 0.418. The fourth-order valence-electron chi connectivity index (χ4n) is 1.09. The molecular formula is C9H7FN2O. The molecule has 0 aliphatic carbocycles. The monoisotopic (exact) mass is 178 g/mol. The Morgan fingerprint density at radius 2 is 2.23 bits per heavy atom. The molecule has 1 aromatic carbocycles. The fraction of sp³-hybridized carbons (Fsp3) is 0.111. The number of nitrogens with zero attached hydrogens (tertiary/aromatic N) is 2. The van der Waals surface area contributed by atoms with Crippen molar-refractivity contribution in [3.63, 3.8) is 0 Å². The van der Waals surface area contributed by atoms with Crippen LogP contribution in [0.4, 0.5) is 4.39 Å². The van der Waals surface area contributed by atoms with Gasteiger partial charge in [0.15, 0.2) is 0 Å². The van der Waals surface area contributed by atoms with Gasteiger partial charge >= 0.3 is 0 Å². The molecule has 0 N–H and O–H groups in total. The number of benzene rings is 1. The smallest absolute Gasteiger partial charge is 0.214 e. The Balaban J connectivity index is 2.53. The average molecular weight is 178 g/mol. The lowest BCUT2D eigenvalue weighted by atomic mass is 10.1. The van der Waals surface area contributed by atoms with E-state index in [1.54, 1.807) is 12.1 Å². The quantitative estimate of drug-likeness (QED) is 0.671. The first kappa shape index (κ1) is 7.91. The largest absolute Gasteiger partial charge is 0.342 e. The minimum absolute atomic E-state index is 0.275. The summed E-state index contributed by atoms with van der Waals surface area (Å²) in [6.07, 6.45) is 1.18. The molecule has 0 aliphatic heterocycles. The summed E-state index contributed by atoms with van der Waals surface area (Å²) in [6.45, 7) is 1.82. The highest BCUT2D eigenvalue weighted by Crippen LogP contribution is 2.19. The first-order valence-electron chi connectivity index (χ1n) is 3.80. The van der Waals surface area contributed by atoms with Gasteiger partial charge in [0.2, 0.25) is 12.2 Å². The van der Waals surface area contributed by atoms with E-state index in [0.717, 1.165) is 5.56 Å². The first-order valence-corrected chi connectivity index (χ1v) is 3.80. The van der Waals surface area contributed by atoms with Gasteiger partial charge in [0.25, 0.3) is 0 Å². The average Bonchev–Trinajstić information content (AvgIpc) is 2.56. The predicted octanol–water partition coefficient (Wildman–Crippen LogP) is 2.18. The summed E-state index contributed by atoms with van der Waals surface area (Å²) in [5, 5.41) is 3.55. The molecule has 3 nitrogen and oxygen atoms in total. The number of hydrogen-bond acceptors (Lipinski definition) is 3. The van der Waals surface area contributed by atoms with Gasteiger partial charge in [-0.25, -0.2) is 4.39 Å². The molecule has 66 valence electrons. The van der Waals surface area contributed by atoms with Gasteiger partial charge in [0.1, 0.15) is 5.82 Å². The Labute approximate surface area is 74.2 Å². The zero-order chi connectivity index (χ0) is 9.26. The van der Waals surface area contributed by atoms with Crippen molar-refractivity contribution < 1.29 is 8.91 Å². The van der Waals surface area contributed by atoms with E-state index in [1.165, 1.54) is 12.5 Å². The van der Waals surface area contributed by atoms with Crippen LogP contribution in [0.5, 0.6) is 0 Å². The zero-order valence-electron chi connectivity index (χ0n) is 6.99. The van der Waals surface area contributed by atoms with Gasteiger partial charge in [0.05, 0.1) is 5.56 Å². The minimum Gasteiger partial charge on any atom is -0.342 e. The second kappa shape index (κ2) is 2.97. The van der Waals surface area contributed by atoms with Crippen LogP contribution in [0.25, 0.3) is 11.4 Å². The number of aryl methyl sites for hydroxylation is 1. The molecule has 1 heterocycles. The summed E-state index contributed by atoms with van der Waals surface area (Å²) in [5.74, 6) is -0.0566. The SMILES string of the molecule is Cc1ccc(-c2ncon2)c(F)c1. The van der Waals surface area contributed by atoms with Crippen LogP contribution < -0.4 is 0 Å². The molecule has 0 saturated heterocycles. The van der Waals surface area contributed by atoms with Gasteiger partial charge in [-0.3, -0.25) is 0 Å². The van der Waals surface area contributed by atoms with Gasteiger partial charge in [0, 0.05) is 0 Å². The Morgan fingerprint density at radius 3 is 2.85 bits per heavy atom. The molecule has 0 fully saturated rings. The van der Waals surface area contributed by atoms with Gasteiger partial charge in [-0.2, -0.15) is 4.98 Å². The highest BCUT2D eigenvalue weighted by Gasteiger charge is 2.08. The highest BCUT2D eigenvalue weighted by atomic mass is 19.1. The van der Waals surface area contributed by atoms with E-state index in [9.17, 15) is 4.39 Å². The molecule has 0 saturated carbocycles. The summed E-state index contributed by atoms with van der Waals surface area (Å²) < 4.78 is 17.8. The third kappa shape index (κ3) is 1.42. The van der Waals surface area contributed by atoms with Crippen LogP contribution >= 0.6 is 0 Å². The number of rotatable bonds is 1. The van der Waals surface area contributed by atoms with Crippen molar-refractivity contribution in [2.45, 2.75) is 6.92 Å². The summed E-state index contributed by atoms with van der Waals surface area (Å²) >= 11 is 0. The van der Waals surface area contributed by atoms with Gasteiger partial charge in [-0.1, -0.05) is 11.2 Å². The van der Waals surface area contributed by atoms with Crippen LogP contribution in [-0.4, -0.2) is 10.1 Å². The summed E-state index contributed by atoms with van der Waals surface area (Å²) in [7, 11) is 0. The van der Waals surface area contributed by atoms with Gasteiger partial charge in [-0.05, 0) is 24.6 Å². The molecule has 2 aromatic rings. The number of aromatic nitrogens is 2. The maximum atomic E-state index is 13.3. The lowest BCUT2D eigenvalue weighted by Gasteiger charge is -1.97. The van der Waals surface area contributed by atoms with E-state index in [-0.39, 0.29) is 11.6 Å². The van der Waals surface area contributed by atoms with Crippen molar-refractivity contribution in [3.05, 3.63) is 36.0 Å². The van der Waals surface area contributed by atoms with Crippen molar-refractivity contribution >= 4 is 0 Å². The van der Waals surface area contributed by atoms with E-state index in [4.69, 9.17) is 0 Å². The Kier molecular flexibility index (Phi) is 1.81. The third-order valence-corrected chi connectivity index (χ3v) is 1.73. The summed E-state index contributed by atoms with van der Waals surface area (Å²) in [4.78, 5) is 3.76. The van der Waals surface area contributed by atoms with Crippen LogP contribution in [0, 0.1) is 12.7 Å². The standard InChI is InChI=1S/C9H7FN2O/c1-6-2-3-7(8(10)4-6)9-11-5-13-12-9/h2-5H,1H3. The second-order valence-electron chi connectivity index (χ2n) is 2.74. The fourth-order valence-corrected chi connectivity index (χ4v) is 1.09. The van der Waals surface area contributed by atoms with E-state index in [1.807, 2.05) is 6.92 Å². The predicted molar refractivity (Wildman–Crippen MR) is 44.4 cm³/mol. The van der Waals surface area contributed by atoms with Crippen LogP contribution in [0.2, 0.25) is 0 Å². The van der Waals surface area contributed by atoms with Crippen molar-refractivity contribution in [2.24, 2.45) is 0 Å². The lowest BCUT2D eigenvalue weighted by Crippen LogP contribution is -1.86. The molecule has 13 heavy (non-hydrogen) atoms. The minimum atomic E-state index is -0.332. The topological polar surface area (TPSA) is 38.9 Å². The van der Waals surface area contributed by atoms with Crippen molar-refractivity contribution in [2.75, 3.05) is 0 Å². The molecule has 0 atom stereocenters.